The second-order valence-electron chi connectivity index (χ2n) is 2.57. The van der Waals surface area contributed by atoms with E-state index in [9.17, 15) is 18.4 Å². The molecule has 1 saturated carbocycles. The Balaban J connectivity index is 2.82. The van der Waals surface area contributed by atoms with Gasteiger partial charge in [0.1, 0.15) is 11.7 Å². The van der Waals surface area contributed by atoms with E-state index in [1.54, 1.807) is 0 Å². The van der Waals surface area contributed by atoms with Crippen LogP contribution in [0.1, 0.15) is 12.8 Å². The lowest BCUT2D eigenvalue weighted by Gasteiger charge is -2.12. The van der Waals surface area contributed by atoms with Crippen molar-refractivity contribution < 1.29 is 23.5 Å². The average Bonchev–Trinajstić information content (AvgIpc) is 2.04. The lowest BCUT2D eigenvalue weighted by Crippen LogP contribution is -2.28. The van der Waals surface area contributed by atoms with Crippen LogP contribution in [0.2, 0.25) is 0 Å². The van der Waals surface area contributed by atoms with Crippen molar-refractivity contribution in [2.45, 2.75) is 18.8 Å². The van der Waals surface area contributed by atoms with Gasteiger partial charge in [0, 0.05) is 6.42 Å². The Morgan fingerprint density at radius 2 is 2.18 bits per heavy atom. The number of ketones is 1. The summed E-state index contributed by atoms with van der Waals surface area (Å²) in [6.45, 7) is 0. The van der Waals surface area contributed by atoms with Gasteiger partial charge < -0.3 is 5.11 Å². The predicted molar refractivity (Wildman–Crippen MR) is 30.3 cm³/mol. The van der Waals surface area contributed by atoms with Gasteiger partial charge in [0.15, 0.2) is 0 Å². The molecule has 1 fully saturated rings. The van der Waals surface area contributed by atoms with Crippen LogP contribution in [-0.4, -0.2) is 22.8 Å². The van der Waals surface area contributed by atoms with Gasteiger partial charge in [0.05, 0.1) is 6.42 Å². The van der Waals surface area contributed by atoms with Crippen molar-refractivity contribution in [1.82, 2.24) is 0 Å². The first-order chi connectivity index (χ1) is 4.93. The van der Waals surface area contributed by atoms with Crippen LogP contribution in [0.5, 0.6) is 0 Å². The Hall–Kier alpha value is -1.00. The molecule has 11 heavy (non-hydrogen) atoms. The molecule has 0 amide bonds. The first kappa shape index (κ1) is 8.10. The molecule has 0 heterocycles. The van der Waals surface area contributed by atoms with E-state index in [-0.39, 0.29) is 0 Å². The van der Waals surface area contributed by atoms with E-state index in [2.05, 4.69) is 0 Å². The van der Waals surface area contributed by atoms with E-state index < -0.39 is 36.4 Å². The van der Waals surface area contributed by atoms with Crippen molar-refractivity contribution in [3.8, 4) is 0 Å². The SMILES string of the molecule is O=C1C[C@@H](C(=O)O)C(F)(F)C1. The summed E-state index contributed by atoms with van der Waals surface area (Å²) in [6, 6.07) is 0. The molecule has 1 aliphatic carbocycles. The monoisotopic (exact) mass is 164 g/mol. The van der Waals surface area contributed by atoms with Crippen LogP contribution in [0.15, 0.2) is 0 Å². The van der Waals surface area contributed by atoms with Crippen LogP contribution in [0, 0.1) is 5.92 Å². The molecule has 0 saturated heterocycles. The van der Waals surface area contributed by atoms with E-state index >= 15 is 0 Å². The van der Waals surface area contributed by atoms with Gasteiger partial charge in [-0.05, 0) is 0 Å². The molecule has 62 valence electrons. The molecule has 1 N–H and O–H groups in total. The molecule has 0 spiro atoms. The molecule has 1 aliphatic rings. The van der Waals surface area contributed by atoms with Crippen LogP contribution < -0.4 is 0 Å². The highest BCUT2D eigenvalue weighted by molar-refractivity contribution is 5.89. The number of halogens is 2. The van der Waals surface area contributed by atoms with Crippen molar-refractivity contribution in [3.63, 3.8) is 0 Å². The van der Waals surface area contributed by atoms with Crippen LogP contribution in [-0.2, 0) is 9.59 Å². The van der Waals surface area contributed by atoms with E-state index in [4.69, 9.17) is 5.11 Å². The van der Waals surface area contributed by atoms with Crippen molar-refractivity contribution in [2.24, 2.45) is 5.92 Å². The standard InChI is InChI=1S/C6H6F2O3/c7-6(8)2-3(9)1-4(6)5(10)11/h4H,1-2H2,(H,10,11)/t4-/m0/s1. The van der Waals surface area contributed by atoms with Crippen molar-refractivity contribution in [3.05, 3.63) is 0 Å². The zero-order valence-corrected chi connectivity index (χ0v) is 5.51. The summed E-state index contributed by atoms with van der Waals surface area (Å²) in [6.07, 6.45) is -1.47. The maximum Gasteiger partial charge on any atom is 0.313 e. The van der Waals surface area contributed by atoms with E-state index in [0.29, 0.717) is 0 Å². The third-order valence-corrected chi connectivity index (χ3v) is 1.67. The molecule has 0 radical (unpaired) electrons. The first-order valence-electron chi connectivity index (χ1n) is 3.06. The predicted octanol–water partition coefficient (Wildman–Crippen LogP) is 0.685. The third kappa shape index (κ3) is 1.36. The number of carboxylic acids is 1. The van der Waals surface area contributed by atoms with Crippen molar-refractivity contribution in [1.29, 1.82) is 0 Å². The van der Waals surface area contributed by atoms with Gasteiger partial charge in [-0.25, -0.2) is 8.78 Å². The third-order valence-electron chi connectivity index (χ3n) is 1.67. The van der Waals surface area contributed by atoms with Crippen LogP contribution in [0.25, 0.3) is 0 Å². The summed E-state index contributed by atoms with van der Waals surface area (Å²) in [5.41, 5.74) is 0. The smallest absolute Gasteiger partial charge is 0.313 e. The van der Waals surface area contributed by atoms with E-state index in [1.165, 1.54) is 0 Å². The highest BCUT2D eigenvalue weighted by atomic mass is 19.3. The maximum absolute atomic E-state index is 12.5. The van der Waals surface area contributed by atoms with Crippen LogP contribution in [0.4, 0.5) is 8.78 Å². The summed E-state index contributed by atoms with van der Waals surface area (Å²) in [5, 5.41) is 8.23. The minimum Gasteiger partial charge on any atom is -0.481 e. The first-order valence-corrected chi connectivity index (χ1v) is 3.06. The maximum atomic E-state index is 12.5. The lowest BCUT2D eigenvalue weighted by molar-refractivity contribution is -0.153. The van der Waals surface area contributed by atoms with E-state index in [0.717, 1.165) is 0 Å². The van der Waals surface area contributed by atoms with Crippen molar-refractivity contribution in [2.75, 3.05) is 0 Å². The number of aliphatic carboxylic acids is 1. The summed E-state index contributed by atoms with van der Waals surface area (Å²) in [5.74, 6) is -7.43. The molecule has 0 aliphatic heterocycles. The van der Waals surface area contributed by atoms with Gasteiger partial charge in [-0.1, -0.05) is 0 Å². The molecule has 0 bridgehead atoms. The van der Waals surface area contributed by atoms with Gasteiger partial charge in [0.2, 0.25) is 0 Å². The van der Waals surface area contributed by atoms with Gasteiger partial charge in [-0.3, -0.25) is 9.59 Å². The summed E-state index contributed by atoms with van der Waals surface area (Å²) >= 11 is 0. The normalized spacial score (nSPS) is 28.9. The zero-order chi connectivity index (χ0) is 8.65. The lowest BCUT2D eigenvalue weighted by atomic mass is 10.1. The highest BCUT2D eigenvalue weighted by Crippen LogP contribution is 2.38. The molecule has 1 rings (SSSR count). The molecule has 0 unspecified atom stereocenters. The Morgan fingerprint density at radius 1 is 1.64 bits per heavy atom. The molecular weight excluding hydrogens is 158 g/mol. The quantitative estimate of drug-likeness (QED) is 0.620. The van der Waals surface area contributed by atoms with Gasteiger partial charge in [-0.2, -0.15) is 0 Å². The topological polar surface area (TPSA) is 54.4 Å². The molecule has 0 aromatic rings. The molecule has 0 aromatic carbocycles. The number of Topliss-reactive ketones (excluding diaryl/α,β-unsaturated/α-hetero) is 1. The number of hydrogen-bond donors (Lipinski definition) is 1. The minimum absolute atomic E-state index is 0.539. The average molecular weight is 164 g/mol. The fourth-order valence-corrected chi connectivity index (χ4v) is 1.10. The number of hydrogen-bond acceptors (Lipinski definition) is 2. The minimum atomic E-state index is -3.34. The highest BCUT2D eigenvalue weighted by Gasteiger charge is 2.52. The second-order valence-corrected chi connectivity index (χ2v) is 2.57. The number of alkyl halides is 2. The van der Waals surface area contributed by atoms with Crippen LogP contribution in [0.3, 0.4) is 0 Å². The number of rotatable bonds is 1. The molecule has 3 nitrogen and oxygen atoms in total. The Bertz CT molecular complexity index is 212. The molecule has 0 aromatic heterocycles. The Morgan fingerprint density at radius 3 is 2.36 bits per heavy atom. The number of carbonyl (C=O) groups is 2. The Kier molecular flexibility index (Phi) is 1.66. The molecule has 5 heteroatoms. The zero-order valence-electron chi connectivity index (χ0n) is 5.51. The second kappa shape index (κ2) is 2.25. The fourth-order valence-electron chi connectivity index (χ4n) is 1.10. The van der Waals surface area contributed by atoms with Gasteiger partial charge in [0.25, 0.3) is 5.92 Å². The van der Waals surface area contributed by atoms with E-state index in [1.807, 2.05) is 0 Å². The van der Waals surface area contributed by atoms with Crippen LogP contribution >= 0.6 is 0 Å². The molecule has 1 atom stereocenters. The van der Waals surface area contributed by atoms with Crippen molar-refractivity contribution >= 4 is 11.8 Å². The largest absolute Gasteiger partial charge is 0.481 e. The van der Waals surface area contributed by atoms with Gasteiger partial charge >= 0.3 is 5.97 Å². The Labute approximate surface area is 61.0 Å². The summed E-state index contributed by atoms with van der Waals surface area (Å²) in [4.78, 5) is 20.6. The van der Waals surface area contributed by atoms with Gasteiger partial charge in [-0.15, -0.1) is 0 Å². The summed E-state index contributed by atoms with van der Waals surface area (Å²) < 4.78 is 25.0. The molecular formula is C6H6F2O3. The fraction of sp³-hybridized carbons (Fsp3) is 0.667. The number of carboxylic acid groups (broad SMARTS) is 1. The summed E-state index contributed by atoms with van der Waals surface area (Å²) in [7, 11) is 0. The number of carbonyl (C=O) groups excluding carboxylic acids is 1.